The van der Waals surface area contributed by atoms with Gasteiger partial charge in [-0.15, -0.1) is 0 Å². The number of carbonyl (C=O) groups is 1. The first-order valence-electron chi connectivity index (χ1n) is 9.83. The second-order valence-electron chi connectivity index (χ2n) is 7.50. The van der Waals surface area contributed by atoms with E-state index in [1.54, 1.807) is 23.0 Å². The lowest BCUT2D eigenvalue weighted by molar-refractivity contribution is 0.0389. The molecule has 1 aromatic heterocycles. The van der Waals surface area contributed by atoms with Crippen LogP contribution in [0.3, 0.4) is 0 Å². The smallest absolute Gasteiger partial charge is 0.257 e. The van der Waals surface area contributed by atoms with Crippen molar-refractivity contribution >= 4 is 5.91 Å². The number of benzene rings is 1. The van der Waals surface area contributed by atoms with Gasteiger partial charge in [-0.25, -0.2) is 9.07 Å². The summed E-state index contributed by atoms with van der Waals surface area (Å²) in [5, 5.41) is 4.45. The minimum Gasteiger partial charge on any atom is -0.335 e. The number of carbonyl (C=O) groups excluding carboxylic acids is 1. The van der Waals surface area contributed by atoms with E-state index in [0.717, 1.165) is 30.8 Å². The zero-order chi connectivity index (χ0) is 18.1. The molecule has 0 bridgehead atoms. The van der Waals surface area contributed by atoms with Crippen molar-refractivity contribution in [2.45, 2.75) is 57.9 Å². The standard InChI is InChI=1S/C21H26FN3O/c1-2-19-18(14-23-25(19)17-11-9-16(22)10-12-17)21(26)24-13-5-7-15-6-3-4-8-20(15)24/h9-12,14-15,20H,2-8,13H2,1H3. The molecule has 5 heteroatoms. The van der Waals surface area contributed by atoms with E-state index < -0.39 is 0 Å². The van der Waals surface area contributed by atoms with Crippen LogP contribution in [0.15, 0.2) is 30.5 Å². The van der Waals surface area contributed by atoms with Crippen LogP contribution in [0.4, 0.5) is 4.39 Å². The van der Waals surface area contributed by atoms with Crippen LogP contribution in [0, 0.1) is 11.7 Å². The molecule has 2 aliphatic rings. The van der Waals surface area contributed by atoms with Gasteiger partial charge in [0.25, 0.3) is 5.91 Å². The first-order chi connectivity index (χ1) is 12.7. The first kappa shape index (κ1) is 17.3. The van der Waals surface area contributed by atoms with Crippen LogP contribution in [0.1, 0.15) is 61.5 Å². The highest BCUT2D eigenvalue weighted by Gasteiger charge is 2.37. The van der Waals surface area contributed by atoms with Gasteiger partial charge in [0.05, 0.1) is 23.1 Å². The van der Waals surface area contributed by atoms with Crippen molar-refractivity contribution in [1.82, 2.24) is 14.7 Å². The average Bonchev–Trinajstić information content (AvgIpc) is 3.11. The number of fused-ring (bicyclic) bond motifs is 1. The molecule has 2 fully saturated rings. The van der Waals surface area contributed by atoms with Gasteiger partial charge in [-0.3, -0.25) is 4.79 Å². The molecule has 1 saturated carbocycles. The Kier molecular flexibility index (Phi) is 4.79. The molecule has 2 unspecified atom stereocenters. The fraction of sp³-hybridized carbons (Fsp3) is 0.524. The van der Waals surface area contributed by atoms with Crippen molar-refractivity contribution in [3.63, 3.8) is 0 Å². The minimum absolute atomic E-state index is 0.117. The second-order valence-corrected chi connectivity index (χ2v) is 7.50. The molecule has 4 rings (SSSR count). The molecule has 2 atom stereocenters. The maximum Gasteiger partial charge on any atom is 0.257 e. The molecule has 0 spiro atoms. The van der Waals surface area contributed by atoms with E-state index in [9.17, 15) is 9.18 Å². The monoisotopic (exact) mass is 355 g/mol. The lowest BCUT2D eigenvalue weighted by Crippen LogP contribution is -2.49. The van der Waals surface area contributed by atoms with Gasteiger partial charge in [0, 0.05) is 12.6 Å². The molecule has 0 radical (unpaired) electrons. The summed E-state index contributed by atoms with van der Waals surface area (Å²) in [6.45, 7) is 2.89. The van der Waals surface area contributed by atoms with E-state index in [0.29, 0.717) is 23.9 Å². The van der Waals surface area contributed by atoms with Crippen molar-refractivity contribution in [3.05, 3.63) is 47.5 Å². The zero-order valence-electron chi connectivity index (χ0n) is 15.3. The summed E-state index contributed by atoms with van der Waals surface area (Å²) in [5.41, 5.74) is 2.39. The molecule has 138 valence electrons. The molecular formula is C21H26FN3O. The van der Waals surface area contributed by atoms with Gasteiger partial charge < -0.3 is 4.90 Å². The summed E-state index contributed by atoms with van der Waals surface area (Å²) in [7, 11) is 0. The number of hydrogen-bond acceptors (Lipinski definition) is 2. The number of hydrogen-bond donors (Lipinski definition) is 0. The lowest BCUT2D eigenvalue weighted by Gasteiger charge is -2.44. The van der Waals surface area contributed by atoms with E-state index in [2.05, 4.69) is 10.00 Å². The first-order valence-corrected chi connectivity index (χ1v) is 9.83. The largest absolute Gasteiger partial charge is 0.335 e. The Morgan fingerprint density at radius 3 is 2.65 bits per heavy atom. The van der Waals surface area contributed by atoms with Crippen LogP contribution < -0.4 is 0 Å². The van der Waals surface area contributed by atoms with E-state index in [4.69, 9.17) is 0 Å². The van der Waals surface area contributed by atoms with Gasteiger partial charge in [-0.05, 0) is 62.3 Å². The SMILES string of the molecule is CCc1c(C(=O)N2CCCC3CCCCC32)cnn1-c1ccc(F)cc1. The fourth-order valence-electron chi connectivity index (χ4n) is 4.73. The third-order valence-corrected chi connectivity index (χ3v) is 6.01. The second kappa shape index (κ2) is 7.22. The molecule has 26 heavy (non-hydrogen) atoms. The van der Waals surface area contributed by atoms with Gasteiger partial charge >= 0.3 is 0 Å². The van der Waals surface area contributed by atoms with Crippen LogP contribution in [0.5, 0.6) is 0 Å². The molecule has 2 heterocycles. The van der Waals surface area contributed by atoms with E-state index >= 15 is 0 Å². The third kappa shape index (κ3) is 3.04. The predicted molar refractivity (Wildman–Crippen MR) is 98.9 cm³/mol. The molecular weight excluding hydrogens is 329 g/mol. The Balaban J connectivity index is 1.64. The van der Waals surface area contributed by atoms with E-state index in [1.807, 2.05) is 6.92 Å². The average molecular weight is 355 g/mol. The van der Waals surface area contributed by atoms with Crippen molar-refractivity contribution < 1.29 is 9.18 Å². The van der Waals surface area contributed by atoms with Crippen LogP contribution >= 0.6 is 0 Å². The van der Waals surface area contributed by atoms with Crippen molar-refractivity contribution in [1.29, 1.82) is 0 Å². The topological polar surface area (TPSA) is 38.1 Å². The van der Waals surface area contributed by atoms with E-state index in [-0.39, 0.29) is 11.7 Å². The number of piperidine rings is 1. The summed E-state index contributed by atoms with van der Waals surface area (Å²) < 4.78 is 15.0. The highest BCUT2D eigenvalue weighted by molar-refractivity contribution is 5.95. The third-order valence-electron chi connectivity index (χ3n) is 6.01. The quantitative estimate of drug-likeness (QED) is 0.820. The summed E-state index contributed by atoms with van der Waals surface area (Å²) in [6.07, 6.45) is 9.65. The molecule has 1 saturated heterocycles. The van der Waals surface area contributed by atoms with Gasteiger partial charge in [0.15, 0.2) is 0 Å². The summed E-state index contributed by atoms with van der Waals surface area (Å²) in [4.78, 5) is 15.5. The van der Waals surface area contributed by atoms with Crippen molar-refractivity contribution in [2.75, 3.05) is 6.54 Å². The Morgan fingerprint density at radius 2 is 1.88 bits per heavy atom. The minimum atomic E-state index is -0.271. The predicted octanol–water partition coefficient (Wildman–Crippen LogP) is 4.37. The molecule has 1 amide bonds. The lowest BCUT2D eigenvalue weighted by atomic mass is 9.78. The molecule has 4 nitrogen and oxygen atoms in total. The Labute approximate surface area is 154 Å². The van der Waals surface area contributed by atoms with Gasteiger partial charge in [0.1, 0.15) is 5.82 Å². The van der Waals surface area contributed by atoms with Crippen LogP contribution in [-0.2, 0) is 6.42 Å². The number of likely N-dealkylation sites (tertiary alicyclic amines) is 1. The number of halogens is 1. The van der Waals surface area contributed by atoms with Gasteiger partial charge in [0.2, 0.25) is 0 Å². The number of aromatic nitrogens is 2. The Hall–Kier alpha value is -2.17. The molecule has 1 aliphatic carbocycles. The molecule has 1 aromatic carbocycles. The highest BCUT2D eigenvalue weighted by Crippen LogP contribution is 2.36. The van der Waals surface area contributed by atoms with Gasteiger partial charge in [-0.2, -0.15) is 5.10 Å². The van der Waals surface area contributed by atoms with Crippen molar-refractivity contribution in [2.24, 2.45) is 5.92 Å². The normalized spacial score (nSPS) is 22.9. The molecule has 1 aliphatic heterocycles. The van der Waals surface area contributed by atoms with Crippen LogP contribution in [0.2, 0.25) is 0 Å². The number of nitrogens with zero attached hydrogens (tertiary/aromatic N) is 3. The van der Waals surface area contributed by atoms with Crippen LogP contribution in [-0.4, -0.2) is 33.2 Å². The summed E-state index contributed by atoms with van der Waals surface area (Å²) >= 11 is 0. The Morgan fingerprint density at radius 1 is 1.15 bits per heavy atom. The summed E-state index contributed by atoms with van der Waals surface area (Å²) in [6, 6.07) is 6.65. The van der Waals surface area contributed by atoms with Crippen LogP contribution in [0.25, 0.3) is 5.69 Å². The van der Waals surface area contributed by atoms with E-state index in [1.165, 1.54) is 37.8 Å². The zero-order valence-corrected chi connectivity index (χ0v) is 15.3. The van der Waals surface area contributed by atoms with Gasteiger partial charge in [-0.1, -0.05) is 19.8 Å². The maximum absolute atomic E-state index is 13.3. The molecule has 0 N–H and O–H groups in total. The Bertz CT molecular complexity index is 781. The summed E-state index contributed by atoms with van der Waals surface area (Å²) in [5.74, 6) is 0.511. The van der Waals surface area contributed by atoms with Crippen molar-refractivity contribution in [3.8, 4) is 5.69 Å². The maximum atomic E-state index is 13.3. The number of amides is 1. The molecule has 2 aromatic rings. The highest BCUT2D eigenvalue weighted by atomic mass is 19.1. The number of rotatable bonds is 3. The fourth-order valence-corrected chi connectivity index (χ4v) is 4.73.